The van der Waals surface area contributed by atoms with Crippen molar-refractivity contribution in [2.24, 2.45) is 0 Å². The molecule has 0 spiro atoms. The normalized spacial score (nSPS) is 12.4. The fourth-order valence-electron chi connectivity index (χ4n) is 1.83. The number of pyridine rings is 1. The third-order valence-electron chi connectivity index (χ3n) is 2.66. The summed E-state index contributed by atoms with van der Waals surface area (Å²) in [4.78, 5) is 4.08. The van der Waals surface area contributed by atoms with Crippen LogP contribution in [0.1, 0.15) is 22.9 Å². The molecule has 0 radical (unpaired) electrons. The summed E-state index contributed by atoms with van der Waals surface area (Å²) < 4.78 is 0. The summed E-state index contributed by atoms with van der Waals surface area (Å²) in [6.07, 6.45) is 1.25. The molecule has 1 aromatic heterocycles. The molecule has 0 aliphatic carbocycles. The van der Waals surface area contributed by atoms with Crippen molar-refractivity contribution in [1.29, 1.82) is 0 Å². The van der Waals surface area contributed by atoms with E-state index in [1.807, 2.05) is 31.2 Å². The smallest absolute Gasteiger partial charge is 0.101 e. The van der Waals surface area contributed by atoms with Gasteiger partial charge in [0.25, 0.3) is 0 Å². The van der Waals surface area contributed by atoms with Crippen LogP contribution in [0.3, 0.4) is 0 Å². The quantitative estimate of drug-likeness (QED) is 0.923. The molecule has 2 aromatic rings. The first-order chi connectivity index (χ1) is 8.56. The van der Waals surface area contributed by atoms with Gasteiger partial charge in [-0.15, -0.1) is 0 Å². The summed E-state index contributed by atoms with van der Waals surface area (Å²) in [7, 11) is 0. The van der Waals surface area contributed by atoms with Gasteiger partial charge in [-0.1, -0.05) is 53.0 Å². The molecule has 1 N–H and O–H groups in total. The highest BCUT2D eigenvalue weighted by atomic mass is 35.5. The molecule has 1 heterocycles. The van der Waals surface area contributed by atoms with Crippen molar-refractivity contribution in [3.63, 3.8) is 0 Å². The van der Waals surface area contributed by atoms with E-state index in [9.17, 15) is 5.11 Å². The Morgan fingerprint density at radius 3 is 2.72 bits per heavy atom. The Morgan fingerprint density at radius 2 is 2.06 bits per heavy atom. The molecule has 0 fully saturated rings. The maximum atomic E-state index is 10.1. The minimum absolute atomic E-state index is 0.391. The molecule has 1 atom stereocenters. The second-order valence-electron chi connectivity index (χ2n) is 4.23. The van der Waals surface area contributed by atoms with Crippen LogP contribution >= 0.6 is 23.2 Å². The first-order valence-electron chi connectivity index (χ1n) is 5.61. The Balaban J connectivity index is 2.19. The van der Waals surface area contributed by atoms with Gasteiger partial charge < -0.3 is 5.11 Å². The van der Waals surface area contributed by atoms with Gasteiger partial charge in [0.1, 0.15) is 6.10 Å². The van der Waals surface area contributed by atoms with Crippen LogP contribution in [-0.2, 0) is 6.42 Å². The van der Waals surface area contributed by atoms with Crippen molar-refractivity contribution < 1.29 is 5.11 Å². The predicted octanol–water partition coefficient (Wildman–Crippen LogP) is 3.97. The molecule has 1 unspecified atom stereocenters. The molecule has 0 bridgehead atoms. The Morgan fingerprint density at radius 1 is 1.28 bits per heavy atom. The van der Waals surface area contributed by atoms with E-state index in [1.165, 1.54) is 6.20 Å². The number of aliphatic hydroxyl groups excluding tert-OH is 1. The Labute approximate surface area is 116 Å². The number of rotatable bonds is 3. The topological polar surface area (TPSA) is 33.1 Å². The highest BCUT2D eigenvalue weighted by Crippen LogP contribution is 2.26. The van der Waals surface area contributed by atoms with Gasteiger partial charge in [0, 0.05) is 12.6 Å². The molecule has 4 heteroatoms. The minimum Gasteiger partial charge on any atom is -0.386 e. The van der Waals surface area contributed by atoms with Gasteiger partial charge in [0.2, 0.25) is 0 Å². The Hall–Kier alpha value is -1.09. The lowest BCUT2D eigenvalue weighted by Crippen LogP contribution is -2.05. The monoisotopic (exact) mass is 281 g/mol. The molecule has 2 rings (SSSR count). The average Bonchev–Trinajstić information content (AvgIpc) is 2.28. The molecule has 0 amide bonds. The number of aromatic nitrogens is 1. The van der Waals surface area contributed by atoms with Gasteiger partial charge in [-0.25, -0.2) is 0 Å². The predicted molar refractivity (Wildman–Crippen MR) is 74.1 cm³/mol. The number of hydrogen-bond acceptors (Lipinski definition) is 2. The maximum Gasteiger partial charge on any atom is 0.101 e. The molecule has 0 saturated carbocycles. The van der Waals surface area contributed by atoms with Gasteiger partial charge in [-0.05, 0) is 18.6 Å². The Bertz CT molecular complexity index is 557. The van der Waals surface area contributed by atoms with E-state index in [0.717, 1.165) is 11.1 Å². The fraction of sp³-hybridized carbons (Fsp3) is 0.214. The summed E-state index contributed by atoms with van der Waals surface area (Å²) in [6, 6.07) is 9.58. The molecule has 94 valence electrons. The van der Waals surface area contributed by atoms with Gasteiger partial charge in [0.15, 0.2) is 0 Å². The number of benzene rings is 1. The number of halogens is 2. The summed E-state index contributed by atoms with van der Waals surface area (Å²) in [5.74, 6) is 0. The van der Waals surface area contributed by atoms with Crippen molar-refractivity contribution in [3.05, 3.63) is 63.4 Å². The zero-order valence-corrected chi connectivity index (χ0v) is 11.4. The first kappa shape index (κ1) is 13.3. The molecule has 0 saturated heterocycles. The number of aliphatic hydroxyl groups is 1. The van der Waals surface area contributed by atoms with E-state index in [0.29, 0.717) is 22.2 Å². The Kier molecular flexibility index (Phi) is 4.23. The van der Waals surface area contributed by atoms with Gasteiger partial charge in [0.05, 0.1) is 15.7 Å². The largest absolute Gasteiger partial charge is 0.386 e. The van der Waals surface area contributed by atoms with Gasteiger partial charge in [-0.2, -0.15) is 0 Å². The molecular formula is C14H13Cl2NO. The van der Waals surface area contributed by atoms with Crippen molar-refractivity contribution >= 4 is 23.2 Å². The molecule has 1 aromatic carbocycles. The maximum absolute atomic E-state index is 10.1. The van der Waals surface area contributed by atoms with E-state index < -0.39 is 6.10 Å². The highest BCUT2D eigenvalue weighted by molar-refractivity contribution is 6.34. The second kappa shape index (κ2) is 5.70. The third-order valence-corrected chi connectivity index (χ3v) is 3.17. The van der Waals surface area contributed by atoms with Crippen LogP contribution < -0.4 is 0 Å². The third kappa shape index (κ3) is 3.22. The number of hydrogen-bond donors (Lipinski definition) is 1. The lowest BCUT2D eigenvalue weighted by Gasteiger charge is -2.12. The van der Waals surface area contributed by atoms with Crippen molar-refractivity contribution in [1.82, 2.24) is 4.98 Å². The van der Waals surface area contributed by atoms with Crippen LogP contribution in [0.4, 0.5) is 0 Å². The standard InChI is InChI=1S/C14H13Cl2NO/c1-9-3-2-4-10(5-9)6-13(18)14-12(16)7-11(15)8-17-14/h2-5,7-8,13,18H,6H2,1H3. The van der Waals surface area contributed by atoms with Crippen molar-refractivity contribution in [2.45, 2.75) is 19.4 Å². The van der Waals surface area contributed by atoms with Crippen molar-refractivity contribution in [2.75, 3.05) is 0 Å². The lowest BCUT2D eigenvalue weighted by atomic mass is 10.0. The highest BCUT2D eigenvalue weighted by Gasteiger charge is 2.14. The molecule has 0 aliphatic heterocycles. The van der Waals surface area contributed by atoms with E-state index >= 15 is 0 Å². The molecular weight excluding hydrogens is 269 g/mol. The average molecular weight is 282 g/mol. The van der Waals surface area contributed by atoms with Crippen LogP contribution in [0.15, 0.2) is 36.5 Å². The van der Waals surface area contributed by atoms with E-state index in [4.69, 9.17) is 23.2 Å². The van der Waals surface area contributed by atoms with Gasteiger partial charge >= 0.3 is 0 Å². The van der Waals surface area contributed by atoms with Crippen LogP contribution in [0.25, 0.3) is 0 Å². The van der Waals surface area contributed by atoms with E-state index in [2.05, 4.69) is 4.98 Å². The first-order valence-corrected chi connectivity index (χ1v) is 6.36. The summed E-state index contributed by atoms with van der Waals surface area (Å²) in [5.41, 5.74) is 2.67. The van der Waals surface area contributed by atoms with Gasteiger partial charge in [-0.3, -0.25) is 4.98 Å². The van der Waals surface area contributed by atoms with Crippen LogP contribution in [0, 0.1) is 6.92 Å². The SMILES string of the molecule is Cc1cccc(CC(O)c2ncc(Cl)cc2Cl)c1. The summed E-state index contributed by atoms with van der Waals surface area (Å²) >= 11 is 11.8. The zero-order valence-electron chi connectivity index (χ0n) is 9.90. The van der Waals surface area contributed by atoms with Crippen LogP contribution in [-0.4, -0.2) is 10.1 Å². The van der Waals surface area contributed by atoms with E-state index in [1.54, 1.807) is 6.07 Å². The van der Waals surface area contributed by atoms with Crippen molar-refractivity contribution in [3.8, 4) is 0 Å². The van der Waals surface area contributed by atoms with E-state index in [-0.39, 0.29) is 0 Å². The zero-order chi connectivity index (χ0) is 13.1. The summed E-state index contributed by atoms with van der Waals surface area (Å²) in [6.45, 7) is 2.02. The minimum atomic E-state index is -0.725. The number of aryl methyl sites for hydroxylation is 1. The lowest BCUT2D eigenvalue weighted by molar-refractivity contribution is 0.173. The number of nitrogens with zero attached hydrogens (tertiary/aromatic N) is 1. The fourth-order valence-corrected chi connectivity index (χ4v) is 2.34. The van der Waals surface area contributed by atoms with Crippen LogP contribution in [0.5, 0.6) is 0 Å². The molecule has 0 aliphatic rings. The molecule has 18 heavy (non-hydrogen) atoms. The van der Waals surface area contributed by atoms with Crippen LogP contribution in [0.2, 0.25) is 10.0 Å². The second-order valence-corrected chi connectivity index (χ2v) is 5.07. The summed E-state index contributed by atoms with van der Waals surface area (Å²) in [5, 5.41) is 11.0. The molecule has 2 nitrogen and oxygen atoms in total.